The van der Waals surface area contributed by atoms with Crippen molar-refractivity contribution in [1.29, 1.82) is 0 Å². The van der Waals surface area contributed by atoms with Crippen molar-refractivity contribution < 1.29 is 17.1 Å². The fraction of sp³-hybridized carbons (Fsp3) is 0.333. The van der Waals surface area contributed by atoms with Crippen molar-refractivity contribution in [2.24, 2.45) is 10.4 Å². The summed E-state index contributed by atoms with van der Waals surface area (Å²) >= 11 is 0. The molecule has 2 rings (SSSR count). The van der Waals surface area contributed by atoms with E-state index in [0.29, 0.717) is 11.4 Å². The van der Waals surface area contributed by atoms with Crippen LogP contribution in [-0.2, 0) is 17.1 Å². The van der Waals surface area contributed by atoms with Gasteiger partial charge in [0.25, 0.3) is 0 Å². The summed E-state index contributed by atoms with van der Waals surface area (Å²) < 4.78 is 0. The first-order valence-corrected chi connectivity index (χ1v) is 8.21. The second-order valence-corrected chi connectivity index (χ2v) is 5.59. The van der Waals surface area contributed by atoms with Gasteiger partial charge in [0.2, 0.25) is 0 Å². The minimum atomic E-state index is 0. The molecule has 1 radical (unpaired) electrons. The number of dihydropyridines is 2. The molecule has 0 saturated carbocycles. The Morgan fingerprint density at radius 3 is 1.52 bits per heavy atom. The third-order valence-corrected chi connectivity index (χ3v) is 3.50. The van der Waals surface area contributed by atoms with Crippen molar-refractivity contribution in [2.45, 2.75) is 13.8 Å². The Hall–Kier alpha value is -2.32. The molecule has 8 nitrogen and oxygen atoms in total. The Labute approximate surface area is 170 Å². The molecule has 0 spiro atoms. The second kappa shape index (κ2) is 13.8. The van der Waals surface area contributed by atoms with E-state index in [4.69, 9.17) is 0 Å². The summed E-state index contributed by atoms with van der Waals surface area (Å²) in [5.74, 6) is 0. The molecule has 0 atom stereocenters. The average molecular weight is 422 g/mol. The van der Waals surface area contributed by atoms with Gasteiger partial charge in [0, 0.05) is 41.6 Å². The van der Waals surface area contributed by atoms with Crippen LogP contribution in [0.25, 0.3) is 0 Å². The summed E-state index contributed by atoms with van der Waals surface area (Å²) in [5, 5.41) is 18.0. The first kappa shape index (κ1) is 24.7. The van der Waals surface area contributed by atoms with Crippen LogP contribution < -0.4 is 21.3 Å². The minimum Gasteiger partial charge on any atom is -0.356 e. The van der Waals surface area contributed by atoms with Crippen molar-refractivity contribution in [3.63, 3.8) is 0 Å². The van der Waals surface area contributed by atoms with Gasteiger partial charge >= 0.3 is 0 Å². The molecule has 0 saturated heterocycles. The zero-order valence-corrected chi connectivity index (χ0v) is 16.8. The third-order valence-electron chi connectivity index (χ3n) is 3.50. The molecule has 2 heterocycles. The predicted molar refractivity (Wildman–Crippen MR) is 106 cm³/mol. The van der Waals surface area contributed by atoms with Gasteiger partial charge in [0.1, 0.15) is 11.4 Å². The van der Waals surface area contributed by atoms with E-state index in [1.165, 1.54) is 0 Å². The molecule has 2 aliphatic rings. The molecule has 0 bridgehead atoms. The van der Waals surface area contributed by atoms with E-state index in [9.17, 15) is 9.81 Å². The van der Waals surface area contributed by atoms with Crippen LogP contribution >= 0.6 is 0 Å². The number of nitrogens with zero attached hydrogens (tertiary/aromatic N) is 2. The zero-order valence-electron chi connectivity index (χ0n) is 15.9. The monoisotopic (exact) mass is 421 g/mol. The predicted octanol–water partition coefficient (Wildman–Crippen LogP) is 2.49. The molecule has 2 aliphatic heterocycles. The fourth-order valence-electron chi connectivity index (χ4n) is 2.14. The topological polar surface area (TPSA) is 107 Å². The summed E-state index contributed by atoms with van der Waals surface area (Å²) in [6.45, 7) is 4.87. The second-order valence-electron chi connectivity index (χ2n) is 5.59. The molecule has 0 aromatic heterocycles. The van der Waals surface area contributed by atoms with E-state index in [-0.39, 0.29) is 17.1 Å². The molecule has 0 fully saturated rings. The minimum absolute atomic E-state index is 0. The summed E-state index contributed by atoms with van der Waals surface area (Å²) in [4.78, 5) is 20.5. The van der Waals surface area contributed by atoms with E-state index in [2.05, 4.69) is 31.6 Å². The van der Waals surface area contributed by atoms with Crippen molar-refractivity contribution in [3.8, 4) is 0 Å². The molecule has 151 valence electrons. The smallest absolute Gasteiger partial charge is 0.105 e. The molecular formula is C18H26CuN6O2. The fourth-order valence-corrected chi connectivity index (χ4v) is 2.14. The summed E-state index contributed by atoms with van der Waals surface area (Å²) in [6, 6.07) is 0. The SMILES string of the molecule is CNCC1=CC=C/C(=C(\C)N=O)N1.CNCC1=CC=C/C(=C(\C)N=O)N1.[Cu]. The van der Waals surface area contributed by atoms with Gasteiger partial charge in [0.05, 0.1) is 11.4 Å². The molecule has 0 aromatic rings. The van der Waals surface area contributed by atoms with E-state index >= 15 is 0 Å². The summed E-state index contributed by atoms with van der Waals surface area (Å²) in [6.07, 6.45) is 11.4. The number of allylic oxidation sites excluding steroid dienone is 8. The Kier molecular flexibility index (Phi) is 12.6. The van der Waals surface area contributed by atoms with Gasteiger partial charge in [-0.15, -0.1) is 9.81 Å². The summed E-state index contributed by atoms with van der Waals surface area (Å²) in [5.41, 5.74) is 4.53. The van der Waals surface area contributed by atoms with E-state index in [1.54, 1.807) is 13.8 Å². The van der Waals surface area contributed by atoms with E-state index in [0.717, 1.165) is 35.9 Å². The maximum absolute atomic E-state index is 10.3. The molecule has 0 amide bonds. The summed E-state index contributed by atoms with van der Waals surface area (Å²) in [7, 11) is 3.74. The molecule has 0 aliphatic carbocycles. The van der Waals surface area contributed by atoms with Crippen LogP contribution in [-0.4, -0.2) is 27.2 Å². The van der Waals surface area contributed by atoms with E-state index < -0.39 is 0 Å². The van der Waals surface area contributed by atoms with Gasteiger partial charge in [0.15, 0.2) is 0 Å². The van der Waals surface area contributed by atoms with Crippen molar-refractivity contribution in [2.75, 3.05) is 27.2 Å². The van der Waals surface area contributed by atoms with Crippen LogP contribution in [0.4, 0.5) is 0 Å². The number of nitroso groups, excluding NO2 is 2. The number of rotatable bonds is 6. The normalized spacial score (nSPS) is 18.4. The first-order chi connectivity index (χ1) is 12.5. The van der Waals surface area contributed by atoms with Crippen LogP contribution in [0.15, 0.2) is 81.0 Å². The molecule has 0 aromatic carbocycles. The molecule has 0 unspecified atom stereocenters. The number of likely N-dealkylation sites (N-methyl/N-ethyl adjacent to an activating group) is 2. The molecule has 4 N–H and O–H groups in total. The van der Waals surface area contributed by atoms with Crippen LogP contribution in [0.1, 0.15) is 13.8 Å². The van der Waals surface area contributed by atoms with Gasteiger partial charge in [-0.25, -0.2) is 0 Å². The van der Waals surface area contributed by atoms with Gasteiger partial charge < -0.3 is 21.3 Å². The Bertz CT molecular complexity index is 645. The third kappa shape index (κ3) is 8.74. The Balaban J connectivity index is 0.000000483. The van der Waals surface area contributed by atoms with Crippen LogP contribution in [0, 0.1) is 9.81 Å². The maximum atomic E-state index is 10.3. The van der Waals surface area contributed by atoms with Crippen molar-refractivity contribution in [1.82, 2.24) is 21.3 Å². The number of hydrogen-bond donors (Lipinski definition) is 4. The maximum Gasteiger partial charge on any atom is 0.105 e. The zero-order chi connectivity index (χ0) is 19.4. The van der Waals surface area contributed by atoms with Crippen molar-refractivity contribution >= 4 is 0 Å². The first-order valence-electron chi connectivity index (χ1n) is 8.21. The number of hydrogen-bond acceptors (Lipinski definition) is 8. The van der Waals surface area contributed by atoms with Crippen LogP contribution in [0.2, 0.25) is 0 Å². The number of nitrogens with one attached hydrogen (secondary N) is 4. The average Bonchev–Trinajstić information content (AvgIpc) is 2.68. The van der Waals surface area contributed by atoms with Crippen LogP contribution in [0.5, 0.6) is 0 Å². The Morgan fingerprint density at radius 1 is 0.852 bits per heavy atom. The van der Waals surface area contributed by atoms with Gasteiger partial charge in [-0.2, -0.15) is 0 Å². The molecule has 27 heavy (non-hydrogen) atoms. The standard InChI is InChI=1S/2C9H13N3O.Cu/c2*1-7(12-13)9-5-3-4-8(11-9)6-10-2;/h2*3-5,10-11H,6H2,1-2H3;/b2*9-7-;. The van der Waals surface area contributed by atoms with Crippen LogP contribution in [0.3, 0.4) is 0 Å². The molecular weight excluding hydrogens is 396 g/mol. The quantitative estimate of drug-likeness (QED) is 0.387. The van der Waals surface area contributed by atoms with E-state index in [1.807, 2.05) is 50.6 Å². The molecule has 9 heteroatoms. The van der Waals surface area contributed by atoms with Gasteiger partial charge in [-0.1, -0.05) is 12.2 Å². The Morgan fingerprint density at radius 2 is 1.22 bits per heavy atom. The largest absolute Gasteiger partial charge is 0.356 e. The van der Waals surface area contributed by atoms with Gasteiger partial charge in [-0.05, 0) is 62.6 Å². The van der Waals surface area contributed by atoms with Crippen molar-refractivity contribution in [3.05, 3.63) is 80.5 Å². The van der Waals surface area contributed by atoms with Gasteiger partial charge in [-0.3, -0.25) is 0 Å².